The van der Waals surface area contributed by atoms with Crippen LogP contribution >= 0.6 is 0 Å². The van der Waals surface area contributed by atoms with E-state index in [0.717, 1.165) is 38.1 Å². The van der Waals surface area contributed by atoms with Gasteiger partial charge < -0.3 is 19.9 Å². The number of hydrogen-bond acceptors (Lipinski definition) is 4. The lowest BCUT2D eigenvalue weighted by Crippen LogP contribution is -2.45. The Morgan fingerprint density at radius 3 is 3.00 bits per heavy atom. The van der Waals surface area contributed by atoms with Gasteiger partial charge in [0.15, 0.2) is 0 Å². The Balaban J connectivity index is 1.53. The van der Waals surface area contributed by atoms with Gasteiger partial charge in [-0.15, -0.1) is 0 Å². The Kier molecular flexibility index (Phi) is 6.22. The molecule has 3 heterocycles. The summed E-state index contributed by atoms with van der Waals surface area (Å²) in [6.45, 7) is 3.61. The van der Waals surface area contributed by atoms with E-state index in [1.54, 1.807) is 11.1 Å². The van der Waals surface area contributed by atoms with Gasteiger partial charge in [0.1, 0.15) is 0 Å². The first-order valence-corrected chi connectivity index (χ1v) is 9.04. The minimum Gasteiger partial charge on any atom is -0.376 e. The normalized spacial score (nSPS) is 20.1. The van der Waals surface area contributed by atoms with E-state index in [2.05, 4.69) is 10.3 Å². The number of aromatic nitrogens is 1. The summed E-state index contributed by atoms with van der Waals surface area (Å²) >= 11 is 0. The van der Waals surface area contributed by atoms with Crippen LogP contribution in [0.2, 0.25) is 0 Å². The fourth-order valence-corrected chi connectivity index (χ4v) is 3.29. The van der Waals surface area contributed by atoms with Gasteiger partial charge in [0.05, 0.1) is 18.3 Å². The van der Waals surface area contributed by atoms with Crippen LogP contribution in [0.1, 0.15) is 31.4 Å². The molecule has 136 valence electrons. The number of hydrogen-bond donors (Lipinski definition) is 1. The van der Waals surface area contributed by atoms with Crippen LogP contribution in [0.25, 0.3) is 0 Å². The average Bonchev–Trinajstić information content (AvgIpc) is 3.27. The number of amides is 3. The monoisotopic (exact) mass is 346 g/mol. The van der Waals surface area contributed by atoms with Crippen LogP contribution in [0.3, 0.4) is 0 Å². The summed E-state index contributed by atoms with van der Waals surface area (Å²) in [7, 11) is 0. The van der Waals surface area contributed by atoms with Crippen LogP contribution in [0.4, 0.5) is 4.79 Å². The highest BCUT2D eigenvalue weighted by Gasteiger charge is 2.24. The third-order valence-electron chi connectivity index (χ3n) is 4.64. The minimum atomic E-state index is -0.132. The molecule has 1 N–H and O–H groups in total. The first-order chi connectivity index (χ1) is 12.2. The molecule has 2 aliphatic rings. The molecular formula is C18H26N4O3. The van der Waals surface area contributed by atoms with Crippen molar-refractivity contribution in [3.8, 4) is 0 Å². The molecule has 1 atom stereocenters. The second-order valence-corrected chi connectivity index (χ2v) is 6.55. The molecule has 3 amide bonds. The van der Waals surface area contributed by atoms with Gasteiger partial charge in [-0.3, -0.25) is 9.78 Å². The van der Waals surface area contributed by atoms with E-state index < -0.39 is 0 Å². The van der Waals surface area contributed by atoms with E-state index in [-0.39, 0.29) is 18.0 Å². The van der Waals surface area contributed by atoms with Crippen LogP contribution < -0.4 is 5.32 Å². The molecule has 0 radical (unpaired) electrons. The first-order valence-electron chi connectivity index (χ1n) is 9.04. The molecule has 2 aliphatic heterocycles. The smallest absolute Gasteiger partial charge is 0.317 e. The van der Waals surface area contributed by atoms with Crippen molar-refractivity contribution in [2.75, 3.05) is 32.8 Å². The molecule has 0 spiro atoms. The summed E-state index contributed by atoms with van der Waals surface area (Å²) in [5.74, 6) is 0.180. The molecule has 2 saturated heterocycles. The lowest BCUT2D eigenvalue weighted by Gasteiger charge is -2.26. The summed E-state index contributed by atoms with van der Waals surface area (Å²) in [4.78, 5) is 32.1. The van der Waals surface area contributed by atoms with Gasteiger partial charge in [-0.1, -0.05) is 6.07 Å². The van der Waals surface area contributed by atoms with E-state index in [4.69, 9.17) is 4.74 Å². The van der Waals surface area contributed by atoms with Gasteiger partial charge in [-0.05, 0) is 31.4 Å². The molecular weight excluding hydrogens is 320 g/mol. The molecule has 2 fully saturated rings. The Hall–Kier alpha value is -2.15. The zero-order chi connectivity index (χ0) is 17.5. The predicted molar refractivity (Wildman–Crippen MR) is 92.8 cm³/mol. The molecule has 0 saturated carbocycles. The van der Waals surface area contributed by atoms with Crippen molar-refractivity contribution >= 4 is 11.9 Å². The SMILES string of the molecule is O=C1CCCN1CCNC(=O)N(Cc1ccccn1)C[C@H]1CCCO1. The van der Waals surface area contributed by atoms with E-state index in [0.29, 0.717) is 32.6 Å². The van der Waals surface area contributed by atoms with Crippen molar-refractivity contribution < 1.29 is 14.3 Å². The zero-order valence-corrected chi connectivity index (χ0v) is 14.5. The molecule has 25 heavy (non-hydrogen) atoms. The largest absolute Gasteiger partial charge is 0.376 e. The number of nitrogens with one attached hydrogen (secondary N) is 1. The number of pyridine rings is 1. The van der Waals surface area contributed by atoms with Crippen molar-refractivity contribution in [2.45, 2.75) is 38.3 Å². The van der Waals surface area contributed by atoms with Gasteiger partial charge in [0.25, 0.3) is 0 Å². The van der Waals surface area contributed by atoms with Gasteiger partial charge in [-0.25, -0.2) is 4.79 Å². The lowest BCUT2D eigenvalue weighted by atomic mass is 10.2. The quantitative estimate of drug-likeness (QED) is 0.810. The van der Waals surface area contributed by atoms with Gasteiger partial charge in [0, 0.05) is 45.4 Å². The molecule has 1 aromatic heterocycles. The maximum absolute atomic E-state index is 12.6. The summed E-state index contributed by atoms with van der Waals surface area (Å²) in [5.41, 5.74) is 0.852. The molecule has 3 rings (SSSR count). The van der Waals surface area contributed by atoms with Crippen molar-refractivity contribution in [3.05, 3.63) is 30.1 Å². The maximum atomic E-state index is 12.6. The first kappa shape index (κ1) is 17.7. The number of rotatable bonds is 7. The van der Waals surface area contributed by atoms with Crippen LogP contribution in [0.15, 0.2) is 24.4 Å². The molecule has 7 nitrogen and oxygen atoms in total. The number of urea groups is 1. The fourth-order valence-electron chi connectivity index (χ4n) is 3.29. The number of likely N-dealkylation sites (tertiary alicyclic amines) is 1. The summed E-state index contributed by atoms with van der Waals surface area (Å²) in [6, 6.07) is 5.57. The van der Waals surface area contributed by atoms with Crippen LogP contribution in [0, 0.1) is 0 Å². The second kappa shape index (κ2) is 8.80. The van der Waals surface area contributed by atoms with Crippen LogP contribution in [-0.4, -0.2) is 65.6 Å². The number of nitrogens with zero attached hydrogens (tertiary/aromatic N) is 3. The Morgan fingerprint density at radius 2 is 2.32 bits per heavy atom. The summed E-state index contributed by atoms with van der Waals surface area (Å²) < 4.78 is 5.68. The molecule has 0 unspecified atom stereocenters. The highest BCUT2D eigenvalue weighted by Crippen LogP contribution is 2.15. The summed E-state index contributed by atoms with van der Waals surface area (Å²) in [6.07, 6.45) is 5.39. The third-order valence-corrected chi connectivity index (χ3v) is 4.64. The maximum Gasteiger partial charge on any atom is 0.317 e. The molecule has 0 aliphatic carbocycles. The van der Waals surface area contributed by atoms with Gasteiger partial charge in [0.2, 0.25) is 5.91 Å². The number of carbonyl (C=O) groups excluding carboxylic acids is 2. The Labute approximate surface area is 148 Å². The molecule has 0 aromatic carbocycles. The van der Waals surface area contributed by atoms with Crippen LogP contribution in [-0.2, 0) is 16.1 Å². The highest BCUT2D eigenvalue weighted by molar-refractivity contribution is 5.78. The minimum absolute atomic E-state index is 0.0922. The van der Waals surface area contributed by atoms with E-state index >= 15 is 0 Å². The van der Waals surface area contributed by atoms with E-state index in [1.165, 1.54) is 0 Å². The molecule has 1 aromatic rings. The predicted octanol–water partition coefficient (Wildman–Crippen LogP) is 1.39. The standard InChI is InChI=1S/C18H26N4O3/c23-17-7-3-10-21(17)11-9-20-18(24)22(14-16-6-4-12-25-16)13-15-5-1-2-8-19-15/h1-2,5,8,16H,3-4,6-7,9-14H2,(H,20,24)/t16-/m1/s1. The summed E-state index contributed by atoms with van der Waals surface area (Å²) in [5, 5.41) is 2.93. The number of carbonyl (C=O) groups is 2. The highest BCUT2D eigenvalue weighted by atomic mass is 16.5. The van der Waals surface area contributed by atoms with Crippen molar-refractivity contribution in [1.82, 2.24) is 20.1 Å². The average molecular weight is 346 g/mol. The molecule has 7 heteroatoms. The van der Waals surface area contributed by atoms with Gasteiger partial charge in [-0.2, -0.15) is 0 Å². The third kappa shape index (κ3) is 5.16. The number of ether oxygens (including phenoxy) is 1. The van der Waals surface area contributed by atoms with Crippen molar-refractivity contribution in [3.63, 3.8) is 0 Å². The van der Waals surface area contributed by atoms with E-state index in [9.17, 15) is 9.59 Å². The fraction of sp³-hybridized carbons (Fsp3) is 0.611. The van der Waals surface area contributed by atoms with Crippen molar-refractivity contribution in [1.29, 1.82) is 0 Å². The van der Waals surface area contributed by atoms with Gasteiger partial charge >= 0.3 is 6.03 Å². The zero-order valence-electron chi connectivity index (χ0n) is 14.5. The van der Waals surface area contributed by atoms with Crippen LogP contribution in [0.5, 0.6) is 0 Å². The van der Waals surface area contributed by atoms with Crippen molar-refractivity contribution in [2.24, 2.45) is 0 Å². The second-order valence-electron chi connectivity index (χ2n) is 6.55. The van der Waals surface area contributed by atoms with E-state index in [1.807, 2.05) is 23.1 Å². The lowest BCUT2D eigenvalue weighted by molar-refractivity contribution is -0.127. The molecule has 0 bridgehead atoms. The topological polar surface area (TPSA) is 74.8 Å². The Bertz CT molecular complexity index is 575. The Morgan fingerprint density at radius 1 is 1.40 bits per heavy atom.